The third-order valence-electron chi connectivity index (χ3n) is 3.62. The van der Waals surface area contributed by atoms with Crippen molar-refractivity contribution in [2.75, 3.05) is 0 Å². The molecule has 2 aromatic carbocycles. The molecule has 0 aromatic heterocycles. The van der Waals surface area contributed by atoms with Crippen molar-refractivity contribution >= 4 is 5.71 Å². The van der Waals surface area contributed by atoms with E-state index in [1.807, 2.05) is 0 Å². The van der Waals surface area contributed by atoms with Crippen molar-refractivity contribution in [1.29, 1.82) is 0 Å². The van der Waals surface area contributed by atoms with Crippen LogP contribution in [-0.4, -0.2) is 17.6 Å². The number of aliphatic imine (C=N–C) groups is 1. The van der Waals surface area contributed by atoms with Gasteiger partial charge in [0, 0.05) is 5.56 Å². The van der Waals surface area contributed by atoms with Crippen molar-refractivity contribution in [3.63, 3.8) is 0 Å². The Morgan fingerprint density at radius 1 is 0.958 bits per heavy atom. The first-order valence-electron chi connectivity index (χ1n) is 7.37. The molecule has 1 nitrogen and oxygen atoms in total. The lowest BCUT2D eigenvalue weighted by molar-refractivity contribution is -0.132. The Bertz CT molecular complexity index is 709. The maximum absolute atomic E-state index is 14.5. The van der Waals surface area contributed by atoms with Gasteiger partial charge in [0.2, 0.25) is 0 Å². The van der Waals surface area contributed by atoms with E-state index in [-0.39, 0.29) is 11.6 Å². The fraction of sp³-hybridized carbons (Fsp3) is 0.211. The van der Waals surface area contributed by atoms with Crippen LogP contribution in [0.1, 0.15) is 24.1 Å². The molecule has 0 heterocycles. The van der Waals surface area contributed by atoms with Crippen LogP contribution in [0.5, 0.6) is 0 Å². The van der Waals surface area contributed by atoms with E-state index in [9.17, 15) is 17.6 Å². The van der Waals surface area contributed by atoms with E-state index in [0.717, 1.165) is 0 Å². The third kappa shape index (κ3) is 3.55. The minimum Gasteiger partial charge on any atom is -0.275 e. The summed E-state index contributed by atoms with van der Waals surface area (Å²) >= 11 is 0. The van der Waals surface area contributed by atoms with E-state index in [2.05, 4.69) is 11.6 Å². The van der Waals surface area contributed by atoms with Gasteiger partial charge in [-0.15, -0.1) is 0 Å². The largest absolute Gasteiger partial charge is 0.355 e. The first-order chi connectivity index (χ1) is 11.3. The van der Waals surface area contributed by atoms with Gasteiger partial charge in [-0.3, -0.25) is 4.99 Å². The Labute approximate surface area is 138 Å². The number of benzene rings is 2. The van der Waals surface area contributed by atoms with E-state index in [1.54, 1.807) is 43.3 Å². The van der Waals surface area contributed by atoms with Crippen LogP contribution in [0.4, 0.5) is 17.6 Å². The lowest BCUT2D eigenvalue weighted by atomic mass is 9.98. The fourth-order valence-corrected chi connectivity index (χ4v) is 2.22. The van der Waals surface area contributed by atoms with E-state index in [1.165, 1.54) is 24.3 Å². The second-order valence-electron chi connectivity index (χ2n) is 5.33. The summed E-state index contributed by atoms with van der Waals surface area (Å²) in [6.07, 6.45) is -0.0430. The van der Waals surface area contributed by atoms with Gasteiger partial charge in [-0.2, -0.15) is 17.6 Å². The molecule has 0 unspecified atom stereocenters. The predicted molar refractivity (Wildman–Crippen MR) is 87.9 cm³/mol. The monoisotopic (exact) mass is 335 g/mol. The summed E-state index contributed by atoms with van der Waals surface area (Å²) < 4.78 is 56.5. The number of halogens is 4. The molecule has 0 spiro atoms. The zero-order chi connectivity index (χ0) is 17.8. The Morgan fingerprint density at radius 2 is 1.46 bits per heavy atom. The number of nitrogens with zero attached hydrogens (tertiary/aromatic N) is 1. The average Bonchev–Trinajstić information content (AvgIpc) is 2.60. The number of alkyl halides is 4. The molecule has 24 heavy (non-hydrogen) atoms. The van der Waals surface area contributed by atoms with Gasteiger partial charge in [-0.25, -0.2) is 0 Å². The van der Waals surface area contributed by atoms with Crippen LogP contribution >= 0.6 is 0 Å². The number of hydrogen-bond donors (Lipinski definition) is 0. The molecule has 1 atom stereocenters. The van der Waals surface area contributed by atoms with Crippen molar-refractivity contribution < 1.29 is 17.6 Å². The molecule has 0 fully saturated rings. The molecule has 0 amide bonds. The highest BCUT2D eigenvalue weighted by Gasteiger charge is 2.58. The summed E-state index contributed by atoms with van der Waals surface area (Å²) in [6, 6.07) is 15.3. The molecule has 5 heteroatoms. The van der Waals surface area contributed by atoms with Gasteiger partial charge < -0.3 is 0 Å². The molecule has 0 N–H and O–H groups in total. The molecule has 2 aromatic rings. The molecule has 0 aliphatic rings. The molecule has 0 aliphatic heterocycles. The summed E-state index contributed by atoms with van der Waals surface area (Å²) in [4.78, 5) is 3.94. The van der Waals surface area contributed by atoms with Gasteiger partial charge >= 0.3 is 11.8 Å². The van der Waals surface area contributed by atoms with Gasteiger partial charge in [-0.05, 0) is 18.6 Å². The van der Waals surface area contributed by atoms with Gasteiger partial charge in [0.05, 0.1) is 6.04 Å². The molecule has 0 radical (unpaired) electrons. The van der Waals surface area contributed by atoms with Crippen LogP contribution in [0.2, 0.25) is 0 Å². The summed E-state index contributed by atoms with van der Waals surface area (Å²) in [5.74, 6) is -8.88. The molecule has 0 saturated carbocycles. The summed E-state index contributed by atoms with van der Waals surface area (Å²) in [7, 11) is 0. The van der Waals surface area contributed by atoms with E-state index >= 15 is 0 Å². The lowest BCUT2D eigenvalue weighted by Gasteiger charge is -2.26. The smallest absolute Gasteiger partial charge is 0.275 e. The molecular formula is C19H17F4N. The normalized spacial score (nSPS) is 14.3. The summed E-state index contributed by atoms with van der Waals surface area (Å²) in [6.45, 7) is 4.41. The molecule has 126 valence electrons. The Morgan fingerprint density at radius 3 is 1.96 bits per heavy atom. The molecule has 0 aliphatic carbocycles. The molecule has 2 rings (SSSR count). The standard InChI is InChI=1S/C19H17F4N/c1-3-18(20,21)19(22,23)17(16-12-8-5-9-13-16)24-14(2)15-10-6-4-7-11-15/h3-14H,1H2,2H3/t14-/m1/s1. The minimum atomic E-state index is -4.47. The quantitative estimate of drug-likeness (QED) is 0.365. The first kappa shape index (κ1) is 17.9. The number of rotatable bonds is 6. The predicted octanol–water partition coefficient (Wildman–Crippen LogP) is 5.69. The third-order valence-corrected chi connectivity index (χ3v) is 3.62. The second-order valence-corrected chi connectivity index (χ2v) is 5.33. The van der Waals surface area contributed by atoms with Crippen molar-refractivity contribution in [3.8, 4) is 0 Å². The highest BCUT2D eigenvalue weighted by Crippen LogP contribution is 2.39. The maximum Gasteiger partial charge on any atom is 0.355 e. The summed E-state index contributed by atoms with van der Waals surface area (Å²) in [5.41, 5.74) is -0.347. The highest BCUT2D eigenvalue weighted by molar-refractivity contribution is 6.06. The van der Waals surface area contributed by atoms with Crippen molar-refractivity contribution in [2.24, 2.45) is 4.99 Å². The number of allylic oxidation sites excluding steroid dienone is 1. The highest BCUT2D eigenvalue weighted by atomic mass is 19.3. The Balaban J connectivity index is 2.56. The SMILES string of the molecule is C=CC(F)(F)C(F)(F)C(=N[C@H](C)c1ccccc1)c1ccccc1. The van der Waals surface area contributed by atoms with Crippen LogP contribution < -0.4 is 0 Å². The van der Waals surface area contributed by atoms with Gasteiger partial charge in [-0.1, -0.05) is 67.2 Å². The van der Waals surface area contributed by atoms with E-state index in [4.69, 9.17) is 0 Å². The topological polar surface area (TPSA) is 12.4 Å². The van der Waals surface area contributed by atoms with Gasteiger partial charge in [0.1, 0.15) is 5.71 Å². The van der Waals surface area contributed by atoms with Crippen molar-refractivity contribution in [3.05, 3.63) is 84.4 Å². The van der Waals surface area contributed by atoms with E-state index in [0.29, 0.717) is 5.56 Å². The molecular weight excluding hydrogens is 318 g/mol. The zero-order valence-electron chi connectivity index (χ0n) is 13.1. The average molecular weight is 335 g/mol. The van der Waals surface area contributed by atoms with Crippen LogP contribution in [0.15, 0.2) is 78.3 Å². The van der Waals surface area contributed by atoms with Crippen molar-refractivity contribution in [2.45, 2.75) is 24.8 Å². The number of hydrogen-bond acceptors (Lipinski definition) is 1. The molecule has 0 saturated heterocycles. The Hall–Kier alpha value is -2.43. The summed E-state index contributed by atoms with van der Waals surface area (Å²) in [5, 5.41) is 0. The van der Waals surface area contributed by atoms with Crippen LogP contribution in [0.25, 0.3) is 0 Å². The van der Waals surface area contributed by atoms with E-state index < -0.39 is 23.6 Å². The van der Waals surface area contributed by atoms with Crippen LogP contribution in [0, 0.1) is 0 Å². The van der Waals surface area contributed by atoms with Crippen LogP contribution in [-0.2, 0) is 0 Å². The fourth-order valence-electron chi connectivity index (χ4n) is 2.22. The minimum absolute atomic E-state index is 0.0430. The zero-order valence-corrected chi connectivity index (χ0v) is 13.1. The lowest BCUT2D eigenvalue weighted by Crippen LogP contribution is -2.46. The van der Waals surface area contributed by atoms with Gasteiger partial charge in [0.25, 0.3) is 0 Å². The van der Waals surface area contributed by atoms with Crippen LogP contribution in [0.3, 0.4) is 0 Å². The maximum atomic E-state index is 14.5. The molecule has 0 bridgehead atoms. The second kappa shape index (κ2) is 6.99. The Kier molecular flexibility index (Phi) is 5.22. The van der Waals surface area contributed by atoms with Crippen molar-refractivity contribution in [1.82, 2.24) is 0 Å². The first-order valence-corrected chi connectivity index (χ1v) is 7.37. The van der Waals surface area contributed by atoms with Gasteiger partial charge in [0.15, 0.2) is 0 Å².